The third-order valence-corrected chi connectivity index (χ3v) is 11.5. The summed E-state index contributed by atoms with van der Waals surface area (Å²) in [7, 11) is 3.18. The summed E-state index contributed by atoms with van der Waals surface area (Å²) in [6, 6.07) is 8.33. The van der Waals surface area contributed by atoms with E-state index in [0.717, 1.165) is 12.8 Å². The summed E-state index contributed by atoms with van der Waals surface area (Å²) in [6.07, 6.45) is 6.21. The molecule has 0 saturated carbocycles. The van der Waals surface area contributed by atoms with E-state index in [-0.39, 0.29) is 36.7 Å². The van der Waals surface area contributed by atoms with Crippen molar-refractivity contribution in [1.82, 2.24) is 15.7 Å². The van der Waals surface area contributed by atoms with Crippen molar-refractivity contribution >= 4 is 57.3 Å². The second kappa shape index (κ2) is 23.2. The van der Waals surface area contributed by atoms with Crippen LogP contribution in [0.25, 0.3) is 5.57 Å². The largest absolute Gasteiger partial charge is 0.533 e. The zero-order valence-corrected chi connectivity index (χ0v) is 32.6. The highest BCUT2D eigenvalue weighted by Gasteiger charge is 2.34. The minimum Gasteiger partial charge on any atom is -0.450 e. The number of carbonyl (C=O) groups excluding carboxylic acids is 5. The molecule has 1 aliphatic heterocycles. The molecule has 298 valence electrons. The molecule has 54 heavy (non-hydrogen) atoms. The molecule has 15 nitrogen and oxygen atoms in total. The summed E-state index contributed by atoms with van der Waals surface area (Å²) in [5.74, 6) is -0.595. The second-order valence-corrected chi connectivity index (χ2v) is 16.0. The third kappa shape index (κ3) is 14.8. The van der Waals surface area contributed by atoms with Gasteiger partial charge in [0.15, 0.2) is 0 Å². The van der Waals surface area contributed by atoms with Gasteiger partial charge in [0.1, 0.15) is 12.5 Å². The molecule has 0 spiro atoms. The molecule has 0 bridgehead atoms. The molecule has 4 amide bonds. The normalized spacial score (nSPS) is 16.3. The lowest BCUT2D eigenvalue weighted by Crippen LogP contribution is -2.32. The summed E-state index contributed by atoms with van der Waals surface area (Å²) >= 11 is 0. The monoisotopic (exact) mass is 793 g/mol. The Bertz CT molecular complexity index is 1470. The van der Waals surface area contributed by atoms with E-state index in [2.05, 4.69) is 53.6 Å². The van der Waals surface area contributed by atoms with Gasteiger partial charge in [0.25, 0.3) is 11.8 Å². The van der Waals surface area contributed by atoms with Crippen molar-refractivity contribution in [2.45, 2.75) is 69.5 Å². The quantitative estimate of drug-likeness (QED) is 0.0316. The third-order valence-electron chi connectivity index (χ3n) is 8.46. The maximum absolute atomic E-state index is 12.3. The first kappa shape index (κ1) is 43.0. The SMILES string of the molecule is CC(C)(CCOC(=O)NCCOCCOCCNC(=O)OCC1C2=C(CCC=C2)c2ccccc21)SSCOCCCCOC(=O)ON1C(=O)CCC1=O. The molecule has 1 unspecified atom stereocenters. The van der Waals surface area contributed by atoms with Crippen molar-refractivity contribution in [1.29, 1.82) is 0 Å². The summed E-state index contributed by atoms with van der Waals surface area (Å²) in [5.41, 5.74) is 5.09. The molecule has 0 radical (unpaired) electrons. The first-order chi connectivity index (χ1) is 26.1. The highest BCUT2D eigenvalue weighted by atomic mass is 33.1. The van der Waals surface area contributed by atoms with E-state index in [1.807, 2.05) is 12.1 Å². The molecule has 0 aromatic heterocycles. The van der Waals surface area contributed by atoms with E-state index in [0.29, 0.717) is 83.0 Å². The lowest BCUT2D eigenvalue weighted by molar-refractivity contribution is -0.177. The van der Waals surface area contributed by atoms with Crippen molar-refractivity contribution in [3.63, 3.8) is 0 Å². The Morgan fingerprint density at radius 3 is 2.24 bits per heavy atom. The molecule has 2 N–H and O–H groups in total. The number of amides is 4. The molecule has 2 aliphatic carbocycles. The lowest BCUT2D eigenvalue weighted by atomic mass is 9.93. The van der Waals surface area contributed by atoms with E-state index in [1.165, 1.54) is 22.3 Å². The number of alkyl carbamates (subject to hydrolysis) is 2. The number of hydroxylamine groups is 2. The van der Waals surface area contributed by atoms with E-state index < -0.39 is 30.2 Å². The Labute approximate surface area is 323 Å². The summed E-state index contributed by atoms with van der Waals surface area (Å²) in [6.45, 7) is 7.16. The van der Waals surface area contributed by atoms with Gasteiger partial charge in [-0.3, -0.25) is 14.4 Å². The second-order valence-electron chi connectivity index (χ2n) is 13.0. The summed E-state index contributed by atoms with van der Waals surface area (Å²) < 4.78 is 32.1. The Morgan fingerprint density at radius 1 is 0.815 bits per heavy atom. The lowest BCUT2D eigenvalue weighted by Gasteiger charge is -2.22. The van der Waals surface area contributed by atoms with Crippen LogP contribution in [0.5, 0.6) is 0 Å². The van der Waals surface area contributed by atoms with Crippen LogP contribution in [0, 0.1) is 0 Å². The van der Waals surface area contributed by atoms with Gasteiger partial charge in [-0.2, -0.15) is 0 Å². The van der Waals surface area contributed by atoms with E-state index in [9.17, 15) is 24.0 Å². The van der Waals surface area contributed by atoms with Crippen LogP contribution >= 0.6 is 21.6 Å². The van der Waals surface area contributed by atoms with Crippen LogP contribution in [0.2, 0.25) is 0 Å². The molecule has 4 rings (SSSR count). The van der Waals surface area contributed by atoms with Crippen LogP contribution in [-0.4, -0.2) is 112 Å². The Balaban J connectivity index is 0.888. The molecule has 1 atom stereocenters. The first-order valence-corrected chi connectivity index (χ1v) is 20.5. The van der Waals surface area contributed by atoms with Gasteiger partial charge in [-0.15, -0.1) is 0 Å². The van der Waals surface area contributed by atoms with Crippen LogP contribution < -0.4 is 10.6 Å². The minimum absolute atomic E-state index is 0.0249. The summed E-state index contributed by atoms with van der Waals surface area (Å²) in [5, 5.41) is 5.84. The van der Waals surface area contributed by atoms with Crippen LogP contribution in [0.4, 0.5) is 14.4 Å². The topological polar surface area (TPSA) is 177 Å². The number of allylic oxidation sites excluding steroid dienone is 3. The zero-order valence-electron chi connectivity index (χ0n) is 30.9. The van der Waals surface area contributed by atoms with Gasteiger partial charge in [0.2, 0.25) is 0 Å². The van der Waals surface area contributed by atoms with Crippen LogP contribution in [0.15, 0.2) is 42.0 Å². The van der Waals surface area contributed by atoms with Crippen molar-refractivity contribution in [2.75, 3.05) is 71.9 Å². The number of nitrogens with one attached hydrogen (secondary N) is 2. The average Bonchev–Trinajstić information content (AvgIpc) is 3.65. The maximum atomic E-state index is 12.3. The van der Waals surface area contributed by atoms with Gasteiger partial charge in [-0.25, -0.2) is 14.4 Å². The number of ether oxygens (including phenoxy) is 6. The number of hydrogen-bond acceptors (Lipinski definition) is 14. The standard InChI is InChI=1S/C37H51N3O12S2/c1-37(2,54-53-26-48-18-7-8-19-50-36(45)52-40-32(41)13-14-33(40)42)15-20-49-34(43)38-16-21-46-23-24-47-22-17-39-35(44)51-25-31-29-11-5-3-9-27(29)28-10-4-6-12-30(28)31/h3,5-6,9,11-12,31H,4,7-8,10,13-26H2,1-2H3,(H,38,43)(H,39,44). The van der Waals surface area contributed by atoms with Gasteiger partial charge in [-0.05, 0) is 68.2 Å². The highest BCUT2D eigenvalue weighted by molar-refractivity contribution is 8.77. The average molecular weight is 794 g/mol. The summed E-state index contributed by atoms with van der Waals surface area (Å²) in [4.78, 5) is 63.4. The predicted molar refractivity (Wildman–Crippen MR) is 202 cm³/mol. The van der Waals surface area contributed by atoms with Crippen molar-refractivity contribution < 1.29 is 57.2 Å². The molecule has 1 aromatic carbocycles. The molecule has 1 aromatic rings. The minimum atomic E-state index is -1.08. The fraction of sp³-hybridized carbons (Fsp3) is 0.595. The molecule has 1 heterocycles. The van der Waals surface area contributed by atoms with Gasteiger partial charge in [-0.1, -0.05) is 63.1 Å². The van der Waals surface area contributed by atoms with Gasteiger partial charge < -0.3 is 39.1 Å². The van der Waals surface area contributed by atoms with E-state index in [4.69, 9.17) is 28.4 Å². The van der Waals surface area contributed by atoms with Gasteiger partial charge in [0, 0.05) is 43.2 Å². The number of fused-ring (bicyclic) bond motifs is 2. The highest BCUT2D eigenvalue weighted by Crippen LogP contribution is 2.46. The van der Waals surface area contributed by atoms with Crippen LogP contribution in [-0.2, 0) is 42.8 Å². The number of rotatable bonds is 24. The Hall–Kier alpha value is -3.77. The number of carbonyl (C=O) groups is 5. The molecule has 1 fully saturated rings. The molecule has 3 aliphatic rings. The van der Waals surface area contributed by atoms with E-state index in [1.54, 1.807) is 21.6 Å². The van der Waals surface area contributed by atoms with Crippen molar-refractivity contribution in [3.05, 3.63) is 53.1 Å². The van der Waals surface area contributed by atoms with Crippen LogP contribution in [0.1, 0.15) is 75.8 Å². The Morgan fingerprint density at radius 2 is 1.50 bits per heavy atom. The number of nitrogens with zero attached hydrogens (tertiary/aromatic N) is 1. The predicted octanol–water partition coefficient (Wildman–Crippen LogP) is 5.89. The van der Waals surface area contributed by atoms with E-state index >= 15 is 0 Å². The number of unbranched alkanes of at least 4 members (excludes halogenated alkanes) is 1. The Kier molecular flexibility index (Phi) is 18.5. The van der Waals surface area contributed by atoms with Gasteiger partial charge in [0.05, 0.1) is 39.6 Å². The van der Waals surface area contributed by atoms with Crippen LogP contribution in [0.3, 0.4) is 0 Å². The number of benzene rings is 1. The maximum Gasteiger partial charge on any atom is 0.533 e. The fourth-order valence-corrected chi connectivity index (χ4v) is 7.96. The molecule has 1 saturated heterocycles. The van der Waals surface area contributed by atoms with Crippen molar-refractivity contribution in [3.8, 4) is 0 Å². The number of imide groups is 1. The first-order valence-electron chi connectivity index (χ1n) is 18.2. The molecular formula is C37H51N3O12S2. The number of hydrogen-bond donors (Lipinski definition) is 2. The smallest absolute Gasteiger partial charge is 0.450 e. The molecular weight excluding hydrogens is 743 g/mol. The van der Waals surface area contributed by atoms with Gasteiger partial charge >= 0.3 is 18.3 Å². The zero-order chi connectivity index (χ0) is 38.6. The molecule has 17 heteroatoms. The fourth-order valence-electron chi connectivity index (χ4n) is 5.68. The van der Waals surface area contributed by atoms with Crippen molar-refractivity contribution in [2.24, 2.45) is 0 Å².